The molecule has 7 nitrogen and oxygen atoms in total. The third-order valence-electron chi connectivity index (χ3n) is 6.33. The van der Waals surface area contributed by atoms with Gasteiger partial charge in [0.05, 0.1) is 16.5 Å². The molecule has 2 saturated heterocycles. The molecule has 2 aromatic carbocycles. The molecule has 0 amide bonds. The van der Waals surface area contributed by atoms with Crippen LogP contribution in [0, 0.1) is 5.92 Å². The minimum absolute atomic E-state index is 0.130. The van der Waals surface area contributed by atoms with Gasteiger partial charge in [-0.05, 0) is 55.0 Å². The molecule has 2 aliphatic heterocycles. The molecule has 32 heavy (non-hydrogen) atoms. The molecular weight excluding hydrogens is 446 g/mol. The highest BCUT2D eigenvalue weighted by molar-refractivity contribution is 7.89. The molecule has 0 atom stereocenters. The zero-order valence-electron chi connectivity index (χ0n) is 18.4. The molecule has 174 valence electrons. The van der Waals surface area contributed by atoms with Gasteiger partial charge >= 0.3 is 0 Å². The number of hydrogen-bond donors (Lipinski definition) is 0. The maximum atomic E-state index is 13.2. The Hall–Kier alpha value is -1.78. The van der Waals surface area contributed by atoms with Crippen molar-refractivity contribution in [2.75, 3.05) is 32.8 Å². The molecule has 4 rings (SSSR count). The lowest BCUT2D eigenvalue weighted by Gasteiger charge is -2.34. The van der Waals surface area contributed by atoms with E-state index in [1.54, 1.807) is 0 Å². The summed E-state index contributed by atoms with van der Waals surface area (Å²) in [5.41, 5.74) is 1.15. The Morgan fingerprint density at radius 1 is 0.750 bits per heavy atom. The first kappa shape index (κ1) is 23.4. The quantitative estimate of drug-likeness (QED) is 0.639. The first-order valence-corrected chi connectivity index (χ1v) is 14.0. The highest BCUT2D eigenvalue weighted by atomic mass is 32.2. The number of piperidine rings is 1. The van der Waals surface area contributed by atoms with Crippen molar-refractivity contribution in [3.05, 3.63) is 60.2 Å². The summed E-state index contributed by atoms with van der Waals surface area (Å²) in [7, 11) is -7.30. The van der Waals surface area contributed by atoms with Crippen LogP contribution in [-0.2, 0) is 26.6 Å². The molecule has 0 bridgehead atoms. The molecule has 0 saturated carbocycles. The van der Waals surface area contributed by atoms with Crippen molar-refractivity contribution in [3.63, 3.8) is 0 Å². The van der Waals surface area contributed by atoms with E-state index in [2.05, 4.69) is 11.8 Å². The van der Waals surface area contributed by atoms with Gasteiger partial charge in [0.2, 0.25) is 20.0 Å². The van der Waals surface area contributed by atoms with Crippen LogP contribution in [0.3, 0.4) is 0 Å². The molecule has 0 aromatic heterocycles. The second-order valence-corrected chi connectivity index (χ2v) is 12.6. The third kappa shape index (κ3) is 5.07. The van der Waals surface area contributed by atoms with E-state index < -0.39 is 20.0 Å². The monoisotopic (exact) mass is 477 g/mol. The highest BCUT2D eigenvalue weighted by Gasteiger charge is 2.31. The van der Waals surface area contributed by atoms with Crippen LogP contribution < -0.4 is 0 Å². The molecule has 0 aliphatic carbocycles. The van der Waals surface area contributed by atoms with E-state index in [9.17, 15) is 16.8 Å². The van der Waals surface area contributed by atoms with Crippen molar-refractivity contribution < 1.29 is 16.8 Å². The Kier molecular flexibility index (Phi) is 7.02. The fraction of sp³-hybridized carbons (Fsp3) is 0.478. The van der Waals surface area contributed by atoms with Gasteiger partial charge < -0.3 is 0 Å². The Bertz CT molecular complexity index is 1110. The molecule has 9 heteroatoms. The van der Waals surface area contributed by atoms with Crippen LogP contribution >= 0.6 is 0 Å². The number of rotatable bonds is 6. The van der Waals surface area contributed by atoms with Crippen molar-refractivity contribution >= 4 is 20.0 Å². The van der Waals surface area contributed by atoms with Crippen molar-refractivity contribution in [2.24, 2.45) is 5.92 Å². The largest absolute Gasteiger partial charge is 0.285 e. The summed E-state index contributed by atoms with van der Waals surface area (Å²) >= 11 is 0. The second-order valence-electron chi connectivity index (χ2n) is 8.77. The summed E-state index contributed by atoms with van der Waals surface area (Å²) in [6, 6.07) is 15.7. The zero-order valence-corrected chi connectivity index (χ0v) is 20.1. The number of nitrogens with zero attached hydrogens (tertiary/aromatic N) is 3. The van der Waals surface area contributed by atoms with Crippen LogP contribution in [0.1, 0.15) is 31.7 Å². The van der Waals surface area contributed by atoms with E-state index in [4.69, 9.17) is 0 Å². The summed E-state index contributed by atoms with van der Waals surface area (Å²) in [6.45, 7) is 5.46. The van der Waals surface area contributed by atoms with Gasteiger partial charge in [0.15, 0.2) is 0 Å². The van der Waals surface area contributed by atoms with Crippen LogP contribution in [-0.4, -0.2) is 63.2 Å². The fourth-order valence-corrected chi connectivity index (χ4v) is 7.24. The smallest absolute Gasteiger partial charge is 0.244 e. The lowest BCUT2D eigenvalue weighted by Crippen LogP contribution is -2.47. The minimum atomic E-state index is -3.70. The number of sulfonamides is 2. The summed E-state index contributed by atoms with van der Waals surface area (Å²) in [5.74, 6) is 0.528. The van der Waals surface area contributed by atoms with Gasteiger partial charge in [-0.15, -0.1) is 0 Å². The van der Waals surface area contributed by atoms with Crippen LogP contribution in [0.4, 0.5) is 0 Å². The summed E-state index contributed by atoms with van der Waals surface area (Å²) in [5, 5.41) is 0. The molecule has 0 N–H and O–H groups in total. The molecule has 2 aliphatic rings. The summed E-state index contributed by atoms with van der Waals surface area (Å²) < 4.78 is 55.3. The Labute approximate surface area is 191 Å². The first-order valence-electron chi connectivity index (χ1n) is 11.1. The van der Waals surface area contributed by atoms with Crippen LogP contribution in [0.15, 0.2) is 64.4 Å². The predicted molar refractivity (Wildman–Crippen MR) is 124 cm³/mol. The lowest BCUT2D eigenvalue weighted by molar-refractivity contribution is 0.140. The van der Waals surface area contributed by atoms with Crippen LogP contribution in [0.25, 0.3) is 0 Å². The average Bonchev–Trinajstić information content (AvgIpc) is 2.80. The molecule has 2 heterocycles. The van der Waals surface area contributed by atoms with E-state index in [1.165, 1.54) is 32.9 Å². The Morgan fingerprint density at radius 3 is 1.91 bits per heavy atom. The van der Waals surface area contributed by atoms with Gasteiger partial charge in [-0.3, -0.25) is 4.90 Å². The zero-order chi connectivity index (χ0) is 22.8. The lowest BCUT2D eigenvalue weighted by atomic mass is 10.0. The van der Waals surface area contributed by atoms with Gasteiger partial charge in [-0.1, -0.05) is 37.3 Å². The van der Waals surface area contributed by atoms with Crippen LogP contribution in [0.2, 0.25) is 0 Å². The van der Waals surface area contributed by atoms with Crippen molar-refractivity contribution in [1.29, 1.82) is 0 Å². The molecule has 0 spiro atoms. The average molecular weight is 478 g/mol. The van der Waals surface area contributed by atoms with E-state index >= 15 is 0 Å². The SMILES string of the molecule is CC1CCN(S(=O)(=O)c2ccc(S(=O)(=O)N3CCCN(Cc4ccccc4)C3)cc2)CC1. The first-order chi connectivity index (χ1) is 15.3. The third-order valence-corrected chi connectivity index (χ3v) is 10.1. The Morgan fingerprint density at radius 2 is 1.31 bits per heavy atom. The predicted octanol–water partition coefficient (Wildman–Crippen LogP) is 2.96. The molecule has 2 fully saturated rings. The molecule has 0 radical (unpaired) electrons. The number of hydrogen-bond acceptors (Lipinski definition) is 5. The van der Waals surface area contributed by atoms with Gasteiger partial charge in [0.25, 0.3) is 0 Å². The second kappa shape index (κ2) is 9.61. The normalized spacial score (nSPS) is 20.4. The fourth-order valence-electron chi connectivity index (χ4n) is 4.31. The number of benzene rings is 2. The van der Waals surface area contributed by atoms with E-state index in [1.807, 2.05) is 30.3 Å². The minimum Gasteiger partial charge on any atom is -0.285 e. The van der Waals surface area contributed by atoms with E-state index in [-0.39, 0.29) is 9.79 Å². The molecule has 2 aromatic rings. The van der Waals surface area contributed by atoms with Crippen molar-refractivity contribution in [3.8, 4) is 0 Å². The van der Waals surface area contributed by atoms with Crippen LogP contribution in [0.5, 0.6) is 0 Å². The van der Waals surface area contributed by atoms with E-state index in [0.29, 0.717) is 38.8 Å². The van der Waals surface area contributed by atoms with E-state index in [0.717, 1.165) is 31.4 Å². The van der Waals surface area contributed by atoms with Gasteiger partial charge in [-0.2, -0.15) is 8.61 Å². The standard InChI is InChI=1S/C23H31N3O4S2/c1-20-12-16-25(17-13-20)31(27,28)22-8-10-23(11-9-22)32(29,30)26-15-5-14-24(19-26)18-21-6-3-2-4-7-21/h2-4,6-11,20H,5,12-19H2,1H3. The van der Waals surface area contributed by atoms with Gasteiger partial charge in [0.1, 0.15) is 0 Å². The van der Waals surface area contributed by atoms with Crippen molar-refractivity contribution in [2.45, 2.75) is 42.5 Å². The summed E-state index contributed by atoms with van der Waals surface area (Å²) in [4.78, 5) is 2.40. The highest BCUT2D eigenvalue weighted by Crippen LogP contribution is 2.26. The molecule has 0 unspecified atom stereocenters. The maximum absolute atomic E-state index is 13.2. The van der Waals surface area contributed by atoms with Gasteiger partial charge in [-0.25, -0.2) is 16.8 Å². The topological polar surface area (TPSA) is 78.0 Å². The molecular formula is C23H31N3O4S2. The Balaban J connectivity index is 1.47. The maximum Gasteiger partial charge on any atom is 0.244 e. The van der Waals surface area contributed by atoms with Crippen molar-refractivity contribution in [1.82, 2.24) is 13.5 Å². The van der Waals surface area contributed by atoms with Gasteiger partial charge in [0, 0.05) is 32.7 Å². The summed E-state index contributed by atoms with van der Waals surface area (Å²) in [6.07, 6.45) is 2.45.